The second-order valence-corrected chi connectivity index (χ2v) is 5.18. The van der Waals surface area contributed by atoms with Crippen molar-refractivity contribution < 1.29 is 4.79 Å². The van der Waals surface area contributed by atoms with Crippen molar-refractivity contribution in [2.45, 2.75) is 10.1 Å². The molecule has 0 saturated carbocycles. The lowest BCUT2D eigenvalue weighted by atomic mass is 10.2. The van der Waals surface area contributed by atoms with E-state index in [1.165, 1.54) is 11.8 Å². The number of fused-ring (bicyclic) bond motifs is 1. The highest BCUT2D eigenvalue weighted by molar-refractivity contribution is 8.00. The molecule has 3 N–H and O–H groups in total. The quantitative estimate of drug-likeness (QED) is 0.770. The third-order valence-corrected chi connectivity index (χ3v) is 4.06. The van der Waals surface area contributed by atoms with Crippen molar-refractivity contribution in [3.05, 3.63) is 48.3 Å². The van der Waals surface area contributed by atoms with Gasteiger partial charge in [-0.25, -0.2) is 0 Å². The number of nitrogens with one attached hydrogen (secondary N) is 1. The molecule has 1 aromatic heterocycles. The second-order valence-electron chi connectivity index (χ2n) is 4.03. The molecule has 1 amide bonds. The van der Waals surface area contributed by atoms with E-state index in [1.54, 1.807) is 18.5 Å². The van der Waals surface area contributed by atoms with E-state index in [4.69, 9.17) is 5.73 Å². The van der Waals surface area contributed by atoms with Crippen molar-refractivity contribution in [1.82, 2.24) is 4.98 Å². The number of anilines is 2. The topological polar surface area (TPSA) is 68.0 Å². The first-order valence-electron chi connectivity index (χ1n) is 5.51. The summed E-state index contributed by atoms with van der Waals surface area (Å²) in [7, 11) is 0. The number of rotatable bonds is 1. The van der Waals surface area contributed by atoms with E-state index >= 15 is 0 Å². The van der Waals surface area contributed by atoms with E-state index in [0.717, 1.165) is 16.1 Å². The van der Waals surface area contributed by atoms with E-state index in [1.807, 2.05) is 24.3 Å². The van der Waals surface area contributed by atoms with Crippen LogP contribution in [0.1, 0.15) is 10.8 Å². The molecule has 1 unspecified atom stereocenters. The Morgan fingerprint density at radius 1 is 1.33 bits per heavy atom. The first-order valence-corrected chi connectivity index (χ1v) is 6.39. The van der Waals surface area contributed by atoms with E-state index in [2.05, 4.69) is 10.3 Å². The molecule has 1 aliphatic heterocycles. The average molecular weight is 257 g/mol. The van der Waals surface area contributed by atoms with Crippen molar-refractivity contribution >= 4 is 29.0 Å². The predicted octanol–water partition coefficient (Wildman–Crippen LogP) is 2.45. The van der Waals surface area contributed by atoms with E-state index in [9.17, 15) is 4.79 Å². The third kappa shape index (κ3) is 1.93. The Kier molecular flexibility index (Phi) is 2.68. The van der Waals surface area contributed by atoms with Gasteiger partial charge in [-0.05, 0) is 29.8 Å². The summed E-state index contributed by atoms with van der Waals surface area (Å²) >= 11 is 1.52. The van der Waals surface area contributed by atoms with Crippen LogP contribution in [0.5, 0.6) is 0 Å². The molecule has 3 rings (SSSR count). The Labute approximate surface area is 109 Å². The Morgan fingerprint density at radius 3 is 3.00 bits per heavy atom. The number of pyridine rings is 1. The second kappa shape index (κ2) is 4.34. The number of hydrogen-bond donors (Lipinski definition) is 2. The first-order chi connectivity index (χ1) is 8.74. The van der Waals surface area contributed by atoms with Gasteiger partial charge in [-0.1, -0.05) is 6.07 Å². The van der Waals surface area contributed by atoms with Gasteiger partial charge in [0, 0.05) is 23.0 Å². The van der Waals surface area contributed by atoms with Crippen LogP contribution >= 0.6 is 11.8 Å². The summed E-state index contributed by atoms with van der Waals surface area (Å²) in [6.07, 6.45) is 3.42. The fourth-order valence-corrected chi connectivity index (χ4v) is 2.96. The van der Waals surface area contributed by atoms with Crippen LogP contribution in [0.15, 0.2) is 47.6 Å². The smallest absolute Gasteiger partial charge is 0.242 e. The number of nitrogens with two attached hydrogens (primary N) is 1. The SMILES string of the molecule is Nc1ccc2c(c1)NC(=O)C(c1cccnc1)S2. The molecule has 0 aliphatic carbocycles. The molecule has 0 saturated heterocycles. The molecule has 0 fully saturated rings. The number of hydrogen-bond acceptors (Lipinski definition) is 4. The molecule has 90 valence electrons. The van der Waals surface area contributed by atoms with E-state index in [-0.39, 0.29) is 11.2 Å². The van der Waals surface area contributed by atoms with Crippen LogP contribution in [0.25, 0.3) is 0 Å². The van der Waals surface area contributed by atoms with Gasteiger partial charge in [0.15, 0.2) is 0 Å². The minimum Gasteiger partial charge on any atom is -0.399 e. The summed E-state index contributed by atoms with van der Waals surface area (Å²) in [5, 5.41) is 2.63. The van der Waals surface area contributed by atoms with Crippen molar-refractivity contribution in [2.24, 2.45) is 0 Å². The molecule has 18 heavy (non-hydrogen) atoms. The molecule has 0 radical (unpaired) electrons. The van der Waals surface area contributed by atoms with Gasteiger partial charge in [0.2, 0.25) is 5.91 Å². The van der Waals surface area contributed by atoms with Gasteiger partial charge in [0.1, 0.15) is 5.25 Å². The number of nitrogen functional groups attached to an aromatic ring is 1. The molecule has 1 atom stereocenters. The van der Waals surface area contributed by atoms with Crippen molar-refractivity contribution in [3.8, 4) is 0 Å². The molecule has 4 nitrogen and oxygen atoms in total. The molecule has 0 spiro atoms. The minimum absolute atomic E-state index is 0.0360. The fourth-order valence-electron chi connectivity index (χ4n) is 1.88. The zero-order valence-corrected chi connectivity index (χ0v) is 10.3. The summed E-state index contributed by atoms with van der Waals surface area (Å²) < 4.78 is 0. The predicted molar refractivity (Wildman–Crippen MR) is 72.3 cm³/mol. The zero-order chi connectivity index (χ0) is 12.5. The lowest BCUT2D eigenvalue weighted by Crippen LogP contribution is -2.23. The van der Waals surface area contributed by atoms with Crippen LogP contribution in [-0.2, 0) is 4.79 Å². The number of thioether (sulfide) groups is 1. The summed E-state index contributed by atoms with van der Waals surface area (Å²) in [5.41, 5.74) is 8.04. The number of carbonyl (C=O) groups excluding carboxylic acids is 1. The normalized spacial score (nSPS) is 18.0. The monoisotopic (exact) mass is 257 g/mol. The minimum atomic E-state index is -0.255. The number of nitrogens with zero attached hydrogens (tertiary/aromatic N) is 1. The highest BCUT2D eigenvalue weighted by Crippen LogP contribution is 2.43. The van der Waals surface area contributed by atoms with Gasteiger partial charge in [0.05, 0.1) is 5.69 Å². The van der Waals surface area contributed by atoms with E-state index < -0.39 is 0 Å². The molecule has 0 bridgehead atoms. The van der Waals surface area contributed by atoms with Gasteiger partial charge in [-0.15, -0.1) is 11.8 Å². The maximum Gasteiger partial charge on any atom is 0.242 e. The largest absolute Gasteiger partial charge is 0.399 e. The van der Waals surface area contributed by atoms with Crippen LogP contribution < -0.4 is 11.1 Å². The van der Waals surface area contributed by atoms with Crippen LogP contribution in [0.4, 0.5) is 11.4 Å². The van der Waals surface area contributed by atoms with Crippen molar-refractivity contribution in [2.75, 3.05) is 11.1 Å². The Hall–Kier alpha value is -2.01. The Morgan fingerprint density at radius 2 is 2.22 bits per heavy atom. The molecule has 5 heteroatoms. The van der Waals surface area contributed by atoms with Gasteiger partial charge >= 0.3 is 0 Å². The Bertz CT molecular complexity index is 600. The van der Waals surface area contributed by atoms with Crippen LogP contribution in [0, 0.1) is 0 Å². The lowest BCUT2D eigenvalue weighted by Gasteiger charge is -2.24. The van der Waals surface area contributed by atoms with Gasteiger partial charge in [-0.3, -0.25) is 9.78 Å². The van der Waals surface area contributed by atoms with Crippen LogP contribution in [0.3, 0.4) is 0 Å². The summed E-state index contributed by atoms with van der Waals surface area (Å²) in [5.74, 6) is -0.0360. The van der Waals surface area contributed by atoms with Crippen LogP contribution in [0.2, 0.25) is 0 Å². The summed E-state index contributed by atoms with van der Waals surface area (Å²) in [6.45, 7) is 0. The Balaban J connectivity index is 1.97. The van der Waals surface area contributed by atoms with Crippen molar-refractivity contribution in [1.29, 1.82) is 0 Å². The summed E-state index contributed by atoms with van der Waals surface area (Å²) in [6, 6.07) is 9.29. The molecule has 2 aromatic rings. The van der Waals surface area contributed by atoms with E-state index in [0.29, 0.717) is 5.69 Å². The van der Waals surface area contributed by atoms with Crippen molar-refractivity contribution in [3.63, 3.8) is 0 Å². The number of carbonyl (C=O) groups is 1. The summed E-state index contributed by atoms with van der Waals surface area (Å²) in [4.78, 5) is 17.1. The van der Waals surface area contributed by atoms with Gasteiger partial charge < -0.3 is 11.1 Å². The molecule has 1 aliphatic rings. The zero-order valence-electron chi connectivity index (χ0n) is 9.46. The fraction of sp³-hybridized carbons (Fsp3) is 0.0769. The average Bonchev–Trinajstić information content (AvgIpc) is 2.39. The highest BCUT2D eigenvalue weighted by Gasteiger charge is 2.28. The van der Waals surface area contributed by atoms with Gasteiger partial charge in [0.25, 0.3) is 0 Å². The lowest BCUT2D eigenvalue weighted by molar-refractivity contribution is -0.115. The maximum atomic E-state index is 12.1. The first kappa shape index (κ1) is 11.1. The number of amides is 1. The van der Waals surface area contributed by atoms with Gasteiger partial charge in [-0.2, -0.15) is 0 Å². The highest BCUT2D eigenvalue weighted by atomic mass is 32.2. The standard InChI is InChI=1S/C13H11N3OS/c14-9-3-4-11-10(6-9)16-13(17)12(18-11)8-2-1-5-15-7-8/h1-7,12H,14H2,(H,16,17). The maximum absolute atomic E-state index is 12.1. The van der Waals surface area contributed by atoms with Crippen LogP contribution in [-0.4, -0.2) is 10.9 Å². The molecular weight excluding hydrogens is 246 g/mol. The number of aromatic nitrogens is 1. The molecular formula is C13H11N3OS. The third-order valence-electron chi connectivity index (χ3n) is 2.73. The molecule has 1 aromatic carbocycles. The molecule has 2 heterocycles. The number of benzene rings is 1.